The van der Waals surface area contributed by atoms with Crippen molar-refractivity contribution in [2.45, 2.75) is 25.7 Å². The summed E-state index contributed by atoms with van der Waals surface area (Å²) in [6, 6.07) is 0. The number of Topliss-reactive ketones (excluding diaryl/α,β-unsaturated/α-hetero) is 1. The molecular formula is C11H21NO3. The number of carbonyl (C=O) groups is 1. The Kier molecular flexibility index (Phi) is 5.83. The first-order valence-electron chi connectivity index (χ1n) is 5.74. The number of ketones is 1. The lowest BCUT2D eigenvalue weighted by molar-refractivity contribution is -0.125. The number of rotatable bonds is 6. The highest BCUT2D eigenvalue weighted by atomic mass is 16.3. The minimum absolute atomic E-state index is 0.0842. The molecule has 1 atom stereocenters. The summed E-state index contributed by atoms with van der Waals surface area (Å²) in [5.41, 5.74) is 0. The van der Waals surface area contributed by atoms with Crippen LogP contribution in [0.25, 0.3) is 0 Å². The summed E-state index contributed by atoms with van der Waals surface area (Å²) >= 11 is 0. The normalized spacial score (nSPS) is 22.3. The molecule has 0 heterocycles. The standard InChI is InChI=1S/C11H21NO3/c13-7-5-12(6-8-14)9-10-3-1-2-4-11(10)15/h10,13-14H,1-9H2. The van der Waals surface area contributed by atoms with Gasteiger partial charge in [-0.15, -0.1) is 0 Å². The van der Waals surface area contributed by atoms with Crippen molar-refractivity contribution in [1.82, 2.24) is 4.90 Å². The fourth-order valence-electron chi connectivity index (χ4n) is 2.14. The Balaban J connectivity index is 2.37. The van der Waals surface area contributed by atoms with Crippen LogP contribution in [0, 0.1) is 5.92 Å². The van der Waals surface area contributed by atoms with Gasteiger partial charge in [-0.2, -0.15) is 0 Å². The van der Waals surface area contributed by atoms with E-state index in [4.69, 9.17) is 10.2 Å². The predicted molar refractivity (Wildman–Crippen MR) is 57.6 cm³/mol. The Hall–Kier alpha value is -0.450. The van der Waals surface area contributed by atoms with Crippen molar-refractivity contribution >= 4 is 5.78 Å². The second kappa shape index (κ2) is 6.93. The topological polar surface area (TPSA) is 60.8 Å². The monoisotopic (exact) mass is 215 g/mol. The number of hydrogen-bond acceptors (Lipinski definition) is 4. The number of carbonyl (C=O) groups excluding carboxylic acids is 1. The van der Waals surface area contributed by atoms with E-state index in [-0.39, 0.29) is 19.1 Å². The van der Waals surface area contributed by atoms with E-state index in [1.165, 1.54) is 0 Å². The van der Waals surface area contributed by atoms with Gasteiger partial charge in [-0.25, -0.2) is 0 Å². The average molecular weight is 215 g/mol. The Morgan fingerprint density at radius 2 is 1.87 bits per heavy atom. The van der Waals surface area contributed by atoms with Gasteiger partial charge in [0.1, 0.15) is 5.78 Å². The number of hydrogen-bond donors (Lipinski definition) is 2. The van der Waals surface area contributed by atoms with E-state index in [2.05, 4.69) is 0 Å². The first-order valence-corrected chi connectivity index (χ1v) is 5.74. The third kappa shape index (κ3) is 4.28. The lowest BCUT2D eigenvalue weighted by atomic mass is 9.87. The highest BCUT2D eigenvalue weighted by Crippen LogP contribution is 2.21. The van der Waals surface area contributed by atoms with Crippen LogP contribution in [0.2, 0.25) is 0 Å². The summed E-state index contributed by atoms with van der Waals surface area (Å²) in [7, 11) is 0. The van der Waals surface area contributed by atoms with Crippen molar-refractivity contribution in [3.8, 4) is 0 Å². The van der Waals surface area contributed by atoms with Crippen LogP contribution in [0.15, 0.2) is 0 Å². The quantitative estimate of drug-likeness (QED) is 0.656. The SMILES string of the molecule is O=C1CCCCC1CN(CCO)CCO. The van der Waals surface area contributed by atoms with E-state index < -0.39 is 0 Å². The molecule has 1 saturated carbocycles. The maximum absolute atomic E-state index is 11.6. The van der Waals surface area contributed by atoms with E-state index in [0.29, 0.717) is 31.8 Å². The molecule has 0 spiro atoms. The van der Waals surface area contributed by atoms with E-state index in [1.54, 1.807) is 0 Å². The molecule has 0 aliphatic heterocycles. The van der Waals surface area contributed by atoms with Gasteiger partial charge >= 0.3 is 0 Å². The van der Waals surface area contributed by atoms with Crippen LogP contribution >= 0.6 is 0 Å². The Bertz CT molecular complexity index is 190. The van der Waals surface area contributed by atoms with Gasteiger partial charge in [0, 0.05) is 32.0 Å². The van der Waals surface area contributed by atoms with Crippen molar-refractivity contribution in [1.29, 1.82) is 0 Å². The Morgan fingerprint density at radius 3 is 2.40 bits per heavy atom. The second-order valence-corrected chi connectivity index (χ2v) is 4.16. The Labute approximate surface area is 90.9 Å². The first kappa shape index (κ1) is 12.6. The molecule has 0 bridgehead atoms. The van der Waals surface area contributed by atoms with Crippen LogP contribution in [0.5, 0.6) is 0 Å². The molecule has 1 aliphatic rings. The summed E-state index contributed by atoms with van der Waals surface area (Å²) in [5.74, 6) is 0.471. The molecule has 2 N–H and O–H groups in total. The van der Waals surface area contributed by atoms with Gasteiger partial charge in [0.2, 0.25) is 0 Å². The van der Waals surface area contributed by atoms with E-state index in [9.17, 15) is 4.79 Å². The van der Waals surface area contributed by atoms with Gasteiger partial charge in [0.25, 0.3) is 0 Å². The van der Waals surface area contributed by atoms with Gasteiger partial charge in [0.15, 0.2) is 0 Å². The van der Waals surface area contributed by atoms with Gasteiger partial charge in [0.05, 0.1) is 13.2 Å². The molecular weight excluding hydrogens is 194 g/mol. The predicted octanol–water partition coefficient (Wildman–Crippen LogP) is 0.0323. The minimum atomic E-state index is 0.0842. The maximum atomic E-state index is 11.6. The third-order valence-electron chi connectivity index (χ3n) is 2.99. The van der Waals surface area contributed by atoms with Gasteiger partial charge in [-0.1, -0.05) is 6.42 Å². The van der Waals surface area contributed by atoms with Gasteiger partial charge in [-0.05, 0) is 12.8 Å². The van der Waals surface area contributed by atoms with E-state index in [0.717, 1.165) is 19.3 Å². The van der Waals surface area contributed by atoms with Crippen molar-refractivity contribution in [2.24, 2.45) is 5.92 Å². The fourth-order valence-corrected chi connectivity index (χ4v) is 2.14. The fraction of sp³-hybridized carbons (Fsp3) is 0.909. The smallest absolute Gasteiger partial charge is 0.137 e. The average Bonchev–Trinajstić information content (AvgIpc) is 2.22. The lowest BCUT2D eigenvalue weighted by Gasteiger charge is -2.27. The second-order valence-electron chi connectivity index (χ2n) is 4.16. The first-order chi connectivity index (χ1) is 7.27. The van der Waals surface area contributed by atoms with Crippen molar-refractivity contribution in [3.63, 3.8) is 0 Å². The molecule has 0 radical (unpaired) electrons. The molecule has 1 aliphatic carbocycles. The lowest BCUT2D eigenvalue weighted by Crippen LogP contribution is -2.38. The van der Waals surface area contributed by atoms with Crippen LogP contribution in [0.3, 0.4) is 0 Å². The zero-order valence-electron chi connectivity index (χ0n) is 9.19. The summed E-state index contributed by atoms with van der Waals surface area (Å²) < 4.78 is 0. The number of nitrogens with zero attached hydrogens (tertiary/aromatic N) is 1. The maximum Gasteiger partial charge on any atom is 0.137 e. The molecule has 1 rings (SSSR count). The highest BCUT2D eigenvalue weighted by molar-refractivity contribution is 5.81. The zero-order valence-corrected chi connectivity index (χ0v) is 9.19. The molecule has 4 nitrogen and oxygen atoms in total. The molecule has 0 aromatic heterocycles. The molecule has 15 heavy (non-hydrogen) atoms. The molecule has 0 amide bonds. The molecule has 0 saturated heterocycles. The minimum Gasteiger partial charge on any atom is -0.395 e. The van der Waals surface area contributed by atoms with Crippen LogP contribution < -0.4 is 0 Å². The van der Waals surface area contributed by atoms with Crippen molar-refractivity contribution < 1.29 is 15.0 Å². The molecule has 0 aromatic carbocycles. The van der Waals surface area contributed by atoms with Crippen LogP contribution in [-0.2, 0) is 4.79 Å². The molecule has 1 unspecified atom stereocenters. The highest BCUT2D eigenvalue weighted by Gasteiger charge is 2.23. The van der Waals surface area contributed by atoms with Crippen LogP contribution in [-0.4, -0.2) is 53.7 Å². The molecule has 0 aromatic rings. The third-order valence-corrected chi connectivity index (χ3v) is 2.99. The van der Waals surface area contributed by atoms with E-state index in [1.807, 2.05) is 4.90 Å². The largest absolute Gasteiger partial charge is 0.395 e. The summed E-state index contributed by atoms with van der Waals surface area (Å²) in [4.78, 5) is 13.6. The van der Waals surface area contributed by atoms with Crippen LogP contribution in [0.1, 0.15) is 25.7 Å². The molecule has 88 valence electrons. The van der Waals surface area contributed by atoms with Gasteiger partial charge in [-0.3, -0.25) is 9.69 Å². The summed E-state index contributed by atoms with van der Waals surface area (Å²) in [6.45, 7) is 1.95. The molecule has 4 heteroatoms. The Morgan fingerprint density at radius 1 is 1.20 bits per heavy atom. The zero-order chi connectivity index (χ0) is 11.1. The summed E-state index contributed by atoms with van der Waals surface area (Å²) in [5, 5.41) is 17.7. The van der Waals surface area contributed by atoms with Crippen molar-refractivity contribution in [2.75, 3.05) is 32.8 Å². The van der Waals surface area contributed by atoms with Crippen molar-refractivity contribution in [3.05, 3.63) is 0 Å². The number of aliphatic hydroxyl groups excluding tert-OH is 2. The van der Waals surface area contributed by atoms with E-state index >= 15 is 0 Å². The van der Waals surface area contributed by atoms with Crippen LogP contribution in [0.4, 0.5) is 0 Å². The molecule has 1 fully saturated rings. The number of aliphatic hydroxyl groups is 2. The summed E-state index contributed by atoms with van der Waals surface area (Å²) in [6.07, 6.45) is 3.82. The van der Waals surface area contributed by atoms with Gasteiger partial charge < -0.3 is 10.2 Å².